The van der Waals surface area contributed by atoms with E-state index in [1.807, 2.05) is 0 Å². The van der Waals surface area contributed by atoms with Gasteiger partial charge in [0.25, 0.3) is 0 Å². The molecule has 0 radical (unpaired) electrons. The fraction of sp³-hybridized carbons (Fsp3) is 0.667. The molecule has 92 valence electrons. The van der Waals surface area contributed by atoms with Gasteiger partial charge in [-0.25, -0.2) is 13.1 Å². The van der Waals surface area contributed by atoms with Crippen molar-refractivity contribution in [2.24, 2.45) is 5.92 Å². The molecule has 2 N–H and O–H groups in total. The van der Waals surface area contributed by atoms with Crippen LogP contribution in [0.4, 0.5) is 0 Å². The molecule has 1 aromatic rings. The van der Waals surface area contributed by atoms with Crippen LogP contribution in [0.1, 0.15) is 20.3 Å². The molecule has 0 aromatic carbocycles. The summed E-state index contributed by atoms with van der Waals surface area (Å²) in [5.41, 5.74) is 0. The highest BCUT2D eigenvalue weighted by Gasteiger charge is 2.20. The summed E-state index contributed by atoms with van der Waals surface area (Å²) in [6.07, 6.45) is 3.45. The number of hydrogen-bond acceptors (Lipinski definition) is 3. The SMILES string of the molecule is CC(C)CC(CBr)NS(=O)(=O)c1cn[nH]c1. The first kappa shape index (κ1) is 13.7. The van der Waals surface area contributed by atoms with Crippen LogP contribution in [0.5, 0.6) is 0 Å². The molecular weight excluding hydrogens is 294 g/mol. The standard InChI is InChI=1S/C9H16BrN3O2S/c1-7(2)3-8(4-10)13-16(14,15)9-5-11-12-6-9/h5-8,13H,3-4H2,1-2H3,(H,11,12). The van der Waals surface area contributed by atoms with E-state index in [0.717, 1.165) is 6.42 Å². The van der Waals surface area contributed by atoms with Gasteiger partial charge in [-0.05, 0) is 12.3 Å². The highest BCUT2D eigenvalue weighted by molar-refractivity contribution is 9.09. The van der Waals surface area contributed by atoms with Crippen molar-refractivity contribution in [2.75, 3.05) is 5.33 Å². The monoisotopic (exact) mass is 309 g/mol. The van der Waals surface area contributed by atoms with Gasteiger partial charge in [0.1, 0.15) is 4.90 Å². The summed E-state index contributed by atoms with van der Waals surface area (Å²) in [7, 11) is -3.45. The second kappa shape index (κ2) is 5.79. The van der Waals surface area contributed by atoms with E-state index in [2.05, 4.69) is 44.7 Å². The molecule has 1 atom stereocenters. The number of nitrogens with zero attached hydrogens (tertiary/aromatic N) is 1. The molecule has 0 saturated heterocycles. The number of aromatic amines is 1. The van der Waals surface area contributed by atoms with Gasteiger partial charge < -0.3 is 0 Å². The first-order valence-electron chi connectivity index (χ1n) is 5.02. The predicted molar refractivity (Wildman–Crippen MR) is 65.9 cm³/mol. The van der Waals surface area contributed by atoms with Gasteiger partial charge in [-0.3, -0.25) is 5.10 Å². The Balaban J connectivity index is 2.71. The maximum Gasteiger partial charge on any atom is 0.243 e. The molecule has 5 nitrogen and oxygen atoms in total. The topological polar surface area (TPSA) is 74.8 Å². The Hall–Kier alpha value is -0.400. The van der Waals surface area contributed by atoms with Crippen LogP contribution in [0, 0.1) is 5.92 Å². The minimum Gasteiger partial charge on any atom is -0.284 e. The van der Waals surface area contributed by atoms with Crippen LogP contribution in [-0.2, 0) is 10.0 Å². The molecule has 1 rings (SSSR count). The van der Waals surface area contributed by atoms with Crippen LogP contribution in [0.25, 0.3) is 0 Å². The molecule has 1 unspecified atom stereocenters. The summed E-state index contributed by atoms with van der Waals surface area (Å²) in [4.78, 5) is 0.169. The first-order chi connectivity index (χ1) is 7.45. The maximum absolute atomic E-state index is 11.9. The van der Waals surface area contributed by atoms with Crippen LogP contribution in [0.15, 0.2) is 17.3 Å². The smallest absolute Gasteiger partial charge is 0.243 e. The van der Waals surface area contributed by atoms with Gasteiger partial charge in [0.05, 0.1) is 6.20 Å². The van der Waals surface area contributed by atoms with E-state index in [0.29, 0.717) is 11.2 Å². The van der Waals surface area contributed by atoms with Crippen molar-refractivity contribution in [3.05, 3.63) is 12.4 Å². The van der Waals surface area contributed by atoms with Crippen molar-refractivity contribution in [2.45, 2.75) is 31.2 Å². The number of halogens is 1. The Labute approximate surface area is 104 Å². The van der Waals surface area contributed by atoms with Crippen molar-refractivity contribution in [1.82, 2.24) is 14.9 Å². The number of sulfonamides is 1. The Bertz CT molecular complexity index is 402. The van der Waals surface area contributed by atoms with Gasteiger partial charge in [-0.15, -0.1) is 0 Å². The lowest BCUT2D eigenvalue weighted by atomic mass is 10.1. The van der Waals surface area contributed by atoms with Crippen molar-refractivity contribution >= 4 is 26.0 Å². The fourth-order valence-corrected chi connectivity index (χ4v) is 3.18. The number of aromatic nitrogens is 2. The van der Waals surface area contributed by atoms with Gasteiger partial charge in [0, 0.05) is 17.6 Å². The van der Waals surface area contributed by atoms with E-state index < -0.39 is 10.0 Å². The number of rotatable bonds is 6. The molecule has 0 aliphatic heterocycles. The van der Waals surface area contributed by atoms with Gasteiger partial charge in [0.15, 0.2) is 0 Å². The van der Waals surface area contributed by atoms with Gasteiger partial charge in [-0.1, -0.05) is 29.8 Å². The van der Waals surface area contributed by atoms with Crippen LogP contribution in [-0.4, -0.2) is 30.0 Å². The van der Waals surface area contributed by atoms with E-state index in [1.165, 1.54) is 12.4 Å². The zero-order chi connectivity index (χ0) is 12.2. The number of nitrogens with one attached hydrogen (secondary N) is 2. The fourth-order valence-electron chi connectivity index (χ4n) is 1.39. The molecule has 1 aromatic heterocycles. The largest absolute Gasteiger partial charge is 0.284 e. The molecular formula is C9H16BrN3O2S. The molecule has 0 aliphatic rings. The predicted octanol–water partition coefficient (Wildman–Crippen LogP) is 1.50. The van der Waals surface area contributed by atoms with Gasteiger partial charge in [0.2, 0.25) is 10.0 Å². The Kier molecular flexibility index (Phi) is 4.94. The zero-order valence-electron chi connectivity index (χ0n) is 9.27. The third kappa shape index (κ3) is 3.88. The average Bonchev–Trinajstić information content (AvgIpc) is 2.68. The summed E-state index contributed by atoms with van der Waals surface area (Å²) < 4.78 is 26.3. The summed E-state index contributed by atoms with van der Waals surface area (Å²) >= 11 is 3.31. The second-order valence-corrected chi connectivity index (χ2v) is 6.40. The number of hydrogen-bond donors (Lipinski definition) is 2. The van der Waals surface area contributed by atoms with Crippen molar-refractivity contribution in [3.8, 4) is 0 Å². The summed E-state index contributed by atoms with van der Waals surface area (Å²) in [5, 5.41) is 6.71. The Morgan fingerprint density at radius 3 is 2.69 bits per heavy atom. The lowest BCUT2D eigenvalue weighted by Crippen LogP contribution is -2.36. The third-order valence-electron chi connectivity index (χ3n) is 2.05. The van der Waals surface area contributed by atoms with E-state index in [4.69, 9.17) is 0 Å². The molecule has 0 fully saturated rings. The lowest BCUT2D eigenvalue weighted by Gasteiger charge is -2.17. The highest BCUT2D eigenvalue weighted by Crippen LogP contribution is 2.11. The van der Waals surface area contributed by atoms with E-state index in [9.17, 15) is 8.42 Å². The highest BCUT2D eigenvalue weighted by atomic mass is 79.9. The molecule has 0 bridgehead atoms. The maximum atomic E-state index is 11.9. The second-order valence-electron chi connectivity index (χ2n) is 4.04. The van der Waals surface area contributed by atoms with Crippen LogP contribution in [0.3, 0.4) is 0 Å². The van der Waals surface area contributed by atoms with Crippen molar-refractivity contribution in [1.29, 1.82) is 0 Å². The van der Waals surface area contributed by atoms with Crippen molar-refractivity contribution < 1.29 is 8.42 Å². The number of alkyl halides is 1. The minimum absolute atomic E-state index is 0.0973. The summed E-state index contributed by atoms with van der Waals surface area (Å²) in [6.45, 7) is 4.11. The molecule has 1 heterocycles. The average molecular weight is 310 g/mol. The minimum atomic E-state index is -3.45. The van der Waals surface area contributed by atoms with E-state index in [-0.39, 0.29) is 10.9 Å². The Morgan fingerprint density at radius 1 is 1.56 bits per heavy atom. The number of H-pyrrole nitrogens is 1. The van der Waals surface area contributed by atoms with Gasteiger partial charge in [-0.2, -0.15) is 5.10 Å². The molecule has 7 heteroatoms. The van der Waals surface area contributed by atoms with Crippen LogP contribution in [0.2, 0.25) is 0 Å². The lowest BCUT2D eigenvalue weighted by molar-refractivity contribution is 0.488. The molecule has 0 spiro atoms. The summed E-state index contributed by atoms with van der Waals surface area (Å²) in [5.74, 6) is 0.439. The quantitative estimate of drug-likeness (QED) is 0.782. The molecule has 0 saturated carbocycles. The molecule has 0 aliphatic carbocycles. The Morgan fingerprint density at radius 2 is 2.25 bits per heavy atom. The normalized spacial score (nSPS) is 14.2. The van der Waals surface area contributed by atoms with Crippen LogP contribution >= 0.6 is 15.9 Å². The zero-order valence-corrected chi connectivity index (χ0v) is 11.7. The molecule has 0 amide bonds. The summed E-state index contributed by atoms with van der Waals surface area (Å²) in [6, 6.07) is -0.0973. The third-order valence-corrected chi connectivity index (χ3v) is 4.32. The van der Waals surface area contributed by atoms with Crippen molar-refractivity contribution in [3.63, 3.8) is 0 Å². The van der Waals surface area contributed by atoms with Crippen LogP contribution < -0.4 is 4.72 Å². The molecule has 16 heavy (non-hydrogen) atoms. The first-order valence-corrected chi connectivity index (χ1v) is 7.63. The van der Waals surface area contributed by atoms with Gasteiger partial charge >= 0.3 is 0 Å². The van der Waals surface area contributed by atoms with E-state index >= 15 is 0 Å². The van der Waals surface area contributed by atoms with E-state index in [1.54, 1.807) is 0 Å².